The molecule has 1 saturated heterocycles. The zero-order chi connectivity index (χ0) is 13.7. The van der Waals surface area contributed by atoms with Crippen LogP contribution < -0.4 is 5.32 Å². The van der Waals surface area contributed by atoms with Crippen LogP contribution in [0.2, 0.25) is 0 Å². The number of nitrogens with one attached hydrogen (secondary N) is 1. The number of hydrogen-bond donors (Lipinski definition) is 1. The molecule has 0 aromatic heterocycles. The molecule has 0 bridgehead atoms. The minimum absolute atomic E-state index is 0.774. The van der Waals surface area contributed by atoms with E-state index in [-0.39, 0.29) is 0 Å². The van der Waals surface area contributed by atoms with Crippen LogP contribution in [0.5, 0.6) is 0 Å². The predicted molar refractivity (Wildman–Crippen MR) is 83.5 cm³/mol. The van der Waals surface area contributed by atoms with Gasteiger partial charge in [0.2, 0.25) is 0 Å². The van der Waals surface area contributed by atoms with E-state index in [2.05, 4.69) is 31.0 Å². The van der Waals surface area contributed by atoms with Gasteiger partial charge >= 0.3 is 0 Å². The fraction of sp³-hybridized carbons (Fsp3) is 1.00. The Labute approximate surface area is 120 Å². The van der Waals surface area contributed by atoms with E-state index >= 15 is 0 Å². The van der Waals surface area contributed by atoms with Crippen molar-refractivity contribution in [3.63, 3.8) is 0 Å². The molecule has 4 unspecified atom stereocenters. The van der Waals surface area contributed by atoms with Gasteiger partial charge in [-0.15, -0.1) is 0 Å². The van der Waals surface area contributed by atoms with E-state index in [1.807, 2.05) is 0 Å². The van der Waals surface area contributed by atoms with Crippen LogP contribution in [0, 0.1) is 5.92 Å². The van der Waals surface area contributed by atoms with Crippen molar-refractivity contribution in [3.8, 4) is 0 Å². The fourth-order valence-electron chi connectivity index (χ4n) is 4.07. The average Bonchev–Trinajstić information content (AvgIpc) is 2.61. The quantitative estimate of drug-likeness (QED) is 0.779. The van der Waals surface area contributed by atoms with Crippen molar-refractivity contribution in [3.05, 3.63) is 0 Å². The SMILES string of the molecule is CCCNC1CCN(C2CCCC(C)CC2)C(C)C1. The number of nitrogens with zero attached hydrogens (tertiary/aromatic N) is 1. The van der Waals surface area contributed by atoms with Crippen LogP contribution in [-0.2, 0) is 0 Å². The van der Waals surface area contributed by atoms with Gasteiger partial charge in [0.15, 0.2) is 0 Å². The highest BCUT2D eigenvalue weighted by molar-refractivity contribution is 4.88. The Kier molecular flexibility index (Phi) is 6.15. The molecular weight excluding hydrogens is 232 g/mol. The third kappa shape index (κ3) is 4.46. The fourth-order valence-corrected chi connectivity index (χ4v) is 4.07. The van der Waals surface area contributed by atoms with Crippen molar-refractivity contribution in [1.82, 2.24) is 10.2 Å². The maximum atomic E-state index is 3.72. The van der Waals surface area contributed by atoms with Crippen molar-refractivity contribution < 1.29 is 0 Å². The third-order valence-corrected chi connectivity index (χ3v) is 5.31. The molecule has 0 amide bonds. The van der Waals surface area contributed by atoms with Crippen LogP contribution in [0.4, 0.5) is 0 Å². The Morgan fingerprint density at radius 3 is 2.63 bits per heavy atom. The maximum absolute atomic E-state index is 3.72. The van der Waals surface area contributed by atoms with E-state index in [0.717, 1.165) is 24.0 Å². The van der Waals surface area contributed by atoms with Gasteiger partial charge in [-0.2, -0.15) is 0 Å². The van der Waals surface area contributed by atoms with Crippen molar-refractivity contribution in [2.45, 2.75) is 90.3 Å². The molecule has 1 N–H and O–H groups in total. The highest BCUT2D eigenvalue weighted by atomic mass is 15.2. The van der Waals surface area contributed by atoms with Crippen LogP contribution in [0.25, 0.3) is 0 Å². The Hall–Kier alpha value is -0.0800. The van der Waals surface area contributed by atoms with Crippen molar-refractivity contribution >= 4 is 0 Å². The van der Waals surface area contributed by atoms with E-state index in [1.54, 1.807) is 0 Å². The van der Waals surface area contributed by atoms with Crippen molar-refractivity contribution in [2.75, 3.05) is 13.1 Å². The molecule has 2 rings (SSSR count). The molecular formula is C17H34N2. The second-order valence-electron chi connectivity index (χ2n) is 7.03. The summed E-state index contributed by atoms with van der Waals surface area (Å²) in [5.41, 5.74) is 0. The summed E-state index contributed by atoms with van der Waals surface area (Å²) in [6, 6.07) is 2.43. The molecule has 0 spiro atoms. The lowest BCUT2D eigenvalue weighted by Crippen LogP contribution is -2.51. The molecule has 1 heterocycles. The van der Waals surface area contributed by atoms with Crippen LogP contribution in [0.3, 0.4) is 0 Å². The zero-order valence-corrected chi connectivity index (χ0v) is 13.3. The first-order valence-electron chi connectivity index (χ1n) is 8.69. The van der Waals surface area contributed by atoms with Crippen LogP contribution in [0.15, 0.2) is 0 Å². The third-order valence-electron chi connectivity index (χ3n) is 5.31. The Morgan fingerprint density at radius 2 is 1.89 bits per heavy atom. The summed E-state index contributed by atoms with van der Waals surface area (Å²) in [6.45, 7) is 9.67. The van der Waals surface area contributed by atoms with Gasteiger partial charge in [-0.25, -0.2) is 0 Å². The minimum atomic E-state index is 0.774. The van der Waals surface area contributed by atoms with Gasteiger partial charge in [-0.1, -0.05) is 26.7 Å². The Balaban J connectivity index is 1.81. The summed E-state index contributed by atoms with van der Waals surface area (Å²) < 4.78 is 0. The molecule has 2 heteroatoms. The van der Waals surface area contributed by atoms with E-state index in [4.69, 9.17) is 0 Å². The first kappa shape index (κ1) is 15.3. The molecule has 1 saturated carbocycles. The molecule has 0 radical (unpaired) electrons. The van der Waals surface area contributed by atoms with Gasteiger partial charge < -0.3 is 5.32 Å². The number of rotatable bonds is 4. The lowest BCUT2D eigenvalue weighted by Gasteiger charge is -2.42. The molecule has 2 aliphatic rings. The molecule has 19 heavy (non-hydrogen) atoms. The zero-order valence-electron chi connectivity index (χ0n) is 13.3. The normalized spacial score (nSPS) is 38.1. The van der Waals surface area contributed by atoms with Crippen LogP contribution in [0.1, 0.15) is 72.1 Å². The molecule has 4 atom stereocenters. The predicted octanol–water partition coefficient (Wildman–Crippen LogP) is 3.81. The summed E-state index contributed by atoms with van der Waals surface area (Å²) in [6.07, 6.45) is 11.2. The van der Waals surface area contributed by atoms with Gasteiger partial charge in [-0.3, -0.25) is 4.90 Å². The highest BCUT2D eigenvalue weighted by Crippen LogP contribution is 2.30. The Morgan fingerprint density at radius 1 is 1.05 bits per heavy atom. The first-order chi connectivity index (χ1) is 9.20. The molecule has 1 aliphatic heterocycles. The largest absolute Gasteiger partial charge is 0.314 e. The molecule has 0 aromatic carbocycles. The summed E-state index contributed by atoms with van der Waals surface area (Å²) >= 11 is 0. The number of piperidine rings is 1. The minimum Gasteiger partial charge on any atom is -0.314 e. The number of likely N-dealkylation sites (tertiary alicyclic amines) is 1. The average molecular weight is 266 g/mol. The topological polar surface area (TPSA) is 15.3 Å². The summed E-state index contributed by atoms with van der Waals surface area (Å²) in [5.74, 6) is 0.962. The molecule has 2 fully saturated rings. The maximum Gasteiger partial charge on any atom is 0.00982 e. The van der Waals surface area contributed by atoms with E-state index < -0.39 is 0 Å². The molecule has 112 valence electrons. The lowest BCUT2D eigenvalue weighted by molar-refractivity contribution is 0.0790. The van der Waals surface area contributed by atoms with Crippen LogP contribution in [-0.4, -0.2) is 36.1 Å². The molecule has 0 aromatic rings. The summed E-state index contributed by atoms with van der Waals surface area (Å²) in [7, 11) is 0. The van der Waals surface area contributed by atoms with Crippen molar-refractivity contribution in [1.29, 1.82) is 0 Å². The smallest absolute Gasteiger partial charge is 0.00982 e. The highest BCUT2D eigenvalue weighted by Gasteiger charge is 2.30. The van der Waals surface area contributed by atoms with E-state index in [0.29, 0.717) is 0 Å². The van der Waals surface area contributed by atoms with E-state index in [9.17, 15) is 0 Å². The number of hydrogen-bond acceptors (Lipinski definition) is 2. The van der Waals surface area contributed by atoms with Gasteiger partial charge in [0.05, 0.1) is 0 Å². The summed E-state index contributed by atoms with van der Waals surface area (Å²) in [5, 5.41) is 3.72. The van der Waals surface area contributed by atoms with Gasteiger partial charge in [-0.05, 0) is 57.9 Å². The van der Waals surface area contributed by atoms with Crippen molar-refractivity contribution in [2.24, 2.45) is 5.92 Å². The van der Waals surface area contributed by atoms with Gasteiger partial charge in [0.25, 0.3) is 0 Å². The monoisotopic (exact) mass is 266 g/mol. The van der Waals surface area contributed by atoms with E-state index in [1.165, 1.54) is 64.5 Å². The van der Waals surface area contributed by atoms with Crippen LogP contribution >= 0.6 is 0 Å². The second-order valence-corrected chi connectivity index (χ2v) is 7.03. The Bertz CT molecular complexity index is 254. The first-order valence-corrected chi connectivity index (χ1v) is 8.69. The summed E-state index contributed by atoms with van der Waals surface area (Å²) in [4.78, 5) is 2.84. The second kappa shape index (κ2) is 7.64. The standard InChI is InChI=1S/C17H34N2/c1-4-11-18-16-10-12-19(15(3)13-16)17-7-5-6-14(2)8-9-17/h14-18H,4-13H2,1-3H3. The van der Waals surface area contributed by atoms with Gasteiger partial charge in [0.1, 0.15) is 0 Å². The molecule has 1 aliphatic carbocycles. The van der Waals surface area contributed by atoms with Gasteiger partial charge in [0, 0.05) is 24.7 Å². The molecule has 2 nitrogen and oxygen atoms in total. The lowest BCUT2D eigenvalue weighted by atomic mass is 9.94.